The molecule has 5 nitrogen and oxygen atoms in total. The number of hydrogen-bond donors (Lipinski definition) is 3. The van der Waals surface area contributed by atoms with Crippen LogP contribution in [0, 0.1) is 0 Å². The Morgan fingerprint density at radius 2 is 1.59 bits per heavy atom. The minimum Gasteiger partial charge on any atom is -0.481 e. The molecule has 0 aromatic carbocycles. The van der Waals surface area contributed by atoms with Crippen LogP contribution in [-0.4, -0.2) is 28.8 Å². The van der Waals surface area contributed by atoms with Gasteiger partial charge in [0.2, 0.25) is 0 Å². The number of amides is 1. The second-order valence-electron chi connectivity index (χ2n) is 3.86. The summed E-state index contributed by atoms with van der Waals surface area (Å²) in [6.45, 7) is 0.355. The highest BCUT2D eigenvalue weighted by Crippen LogP contribution is 2.07. The third-order valence-corrected chi connectivity index (χ3v) is 2.30. The lowest BCUT2D eigenvalue weighted by atomic mass is 10.1. The Balaban J connectivity index is 3.12. The number of carbonyl (C=O) groups is 2. The molecule has 5 heteroatoms. The van der Waals surface area contributed by atoms with Crippen LogP contribution in [0.15, 0.2) is 12.2 Å². The van der Waals surface area contributed by atoms with E-state index < -0.39 is 12.1 Å². The van der Waals surface area contributed by atoms with Crippen LogP contribution in [0.4, 0.5) is 4.79 Å². The van der Waals surface area contributed by atoms with Gasteiger partial charge in [0.05, 0.1) is 0 Å². The highest BCUT2D eigenvalue weighted by Gasteiger charge is 1.95. The molecule has 3 N–H and O–H groups in total. The summed E-state index contributed by atoms with van der Waals surface area (Å²) < 4.78 is 0. The number of allylic oxidation sites excluding steroid dienone is 1. The fraction of sp³-hybridized carbons (Fsp3) is 0.667. The summed E-state index contributed by atoms with van der Waals surface area (Å²) in [4.78, 5) is 20.3. The van der Waals surface area contributed by atoms with Crippen LogP contribution in [0.25, 0.3) is 0 Å². The second-order valence-corrected chi connectivity index (χ2v) is 3.86. The molecule has 98 valence electrons. The van der Waals surface area contributed by atoms with E-state index in [4.69, 9.17) is 10.2 Å². The first-order valence-electron chi connectivity index (χ1n) is 5.96. The summed E-state index contributed by atoms with van der Waals surface area (Å²) in [7, 11) is 0. The van der Waals surface area contributed by atoms with Crippen LogP contribution in [0.1, 0.15) is 44.9 Å². The van der Waals surface area contributed by atoms with Crippen molar-refractivity contribution in [3.63, 3.8) is 0 Å². The summed E-state index contributed by atoms with van der Waals surface area (Å²) in [6.07, 6.45) is 8.92. The fourth-order valence-corrected chi connectivity index (χ4v) is 1.42. The minimum atomic E-state index is -1.01. The minimum absolute atomic E-state index is 0.265. The molecule has 0 spiro atoms. The number of hydrogen-bond acceptors (Lipinski definition) is 2. The van der Waals surface area contributed by atoms with Crippen LogP contribution in [0.3, 0.4) is 0 Å². The number of carboxylic acids is 1. The molecular formula is C12H21NO4. The SMILES string of the molecule is O=C(O)CCCCCCCC=CCNC(=O)O. The highest BCUT2D eigenvalue weighted by atomic mass is 16.4. The Hall–Kier alpha value is -1.52. The van der Waals surface area contributed by atoms with Gasteiger partial charge in [-0.1, -0.05) is 31.4 Å². The Morgan fingerprint density at radius 3 is 2.24 bits per heavy atom. The molecule has 0 saturated carbocycles. The van der Waals surface area contributed by atoms with E-state index in [0.717, 1.165) is 38.5 Å². The number of carboxylic acid groups (broad SMARTS) is 2. The molecule has 17 heavy (non-hydrogen) atoms. The summed E-state index contributed by atoms with van der Waals surface area (Å²) in [5.74, 6) is -0.723. The maximum Gasteiger partial charge on any atom is 0.404 e. The first-order chi connectivity index (χ1) is 8.13. The molecule has 0 unspecified atom stereocenters. The van der Waals surface area contributed by atoms with E-state index in [2.05, 4.69) is 5.32 Å². The fourth-order valence-electron chi connectivity index (χ4n) is 1.42. The van der Waals surface area contributed by atoms with Gasteiger partial charge in [-0.3, -0.25) is 4.79 Å². The Morgan fingerprint density at radius 1 is 0.941 bits per heavy atom. The first kappa shape index (κ1) is 15.5. The van der Waals surface area contributed by atoms with Crippen LogP contribution >= 0.6 is 0 Å². The molecule has 0 aliphatic carbocycles. The average molecular weight is 243 g/mol. The molecule has 0 bridgehead atoms. The van der Waals surface area contributed by atoms with Gasteiger partial charge in [-0.15, -0.1) is 0 Å². The van der Waals surface area contributed by atoms with Gasteiger partial charge in [0.25, 0.3) is 0 Å². The molecule has 0 fully saturated rings. The van der Waals surface area contributed by atoms with Gasteiger partial charge in [0, 0.05) is 13.0 Å². The van der Waals surface area contributed by atoms with Gasteiger partial charge in [-0.25, -0.2) is 4.79 Å². The largest absolute Gasteiger partial charge is 0.481 e. The van der Waals surface area contributed by atoms with Crippen molar-refractivity contribution in [2.45, 2.75) is 44.9 Å². The molecule has 0 heterocycles. The molecule has 0 atom stereocenters. The predicted molar refractivity (Wildman–Crippen MR) is 65.1 cm³/mol. The van der Waals surface area contributed by atoms with Crippen molar-refractivity contribution >= 4 is 12.1 Å². The Bertz CT molecular complexity index is 251. The van der Waals surface area contributed by atoms with E-state index in [1.165, 1.54) is 0 Å². The van der Waals surface area contributed by atoms with Crippen molar-refractivity contribution in [2.24, 2.45) is 0 Å². The van der Waals surface area contributed by atoms with Gasteiger partial charge in [0.15, 0.2) is 0 Å². The molecule has 0 saturated heterocycles. The molecule has 1 amide bonds. The van der Waals surface area contributed by atoms with Crippen LogP contribution in [-0.2, 0) is 4.79 Å². The standard InChI is InChI=1S/C12H21NO4/c14-11(15)9-7-5-3-1-2-4-6-8-10-13-12(16)17/h6,8,13H,1-5,7,9-10H2,(H,14,15)(H,16,17). The zero-order chi connectivity index (χ0) is 12.9. The lowest BCUT2D eigenvalue weighted by molar-refractivity contribution is -0.137. The number of nitrogens with one attached hydrogen (secondary N) is 1. The van der Waals surface area contributed by atoms with Crippen LogP contribution in [0.5, 0.6) is 0 Å². The number of rotatable bonds is 10. The average Bonchev–Trinajstić information content (AvgIpc) is 2.25. The molecule has 0 rings (SSSR count). The third-order valence-electron chi connectivity index (χ3n) is 2.30. The van der Waals surface area contributed by atoms with E-state index in [-0.39, 0.29) is 6.42 Å². The zero-order valence-electron chi connectivity index (χ0n) is 10.0. The molecule has 0 aromatic rings. The van der Waals surface area contributed by atoms with Crippen molar-refractivity contribution in [1.82, 2.24) is 5.32 Å². The van der Waals surface area contributed by atoms with Crippen LogP contribution < -0.4 is 5.32 Å². The monoisotopic (exact) mass is 243 g/mol. The summed E-state index contributed by atoms with van der Waals surface area (Å²) in [6, 6.07) is 0. The lowest BCUT2D eigenvalue weighted by Gasteiger charge is -1.98. The highest BCUT2D eigenvalue weighted by molar-refractivity contribution is 5.66. The molecule has 0 aromatic heterocycles. The van der Waals surface area contributed by atoms with Gasteiger partial charge >= 0.3 is 12.1 Å². The van der Waals surface area contributed by atoms with Crippen molar-refractivity contribution in [2.75, 3.05) is 6.54 Å². The Labute approximate surface area is 102 Å². The number of unbranched alkanes of at least 4 members (excludes halogenated alkanes) is 5. The van der Waals surface area contributed by atoms with Gasteiger partial charge in [0.1, 0.15) is 0 Å². The summed E-state index contributed by atoms with van der Waals surface area (Å²) in [5.41, 5.74) is 0. The maximum atomic E-state index is 10.2. The van der Waals surface area contributed by atoms with E-state index in [9.17, 15) is 9.59 Å². The molecular weight excluding hydrogens is 222 g/mol. The molecule has 0 aliphatic rings. The lowest BCUT2D eigenvalue weighted by Crippen LogP contribution is -2.20. The molecule has 0 radical (unpaired) electrons. The van der Waals surface area contributed by atoms with Crippen LogP contribution in [0.2, 0.25) is 0 Å². The normalized spacial score (nSPS) is 10.6. The smallest absolute Gasteiger partial charge is 0.404 e. The van der Waals surface area contributed by atoms with Crippen molar-refractivity contribution in [1.29, 1.82) is 0 Å². The summed E-state index contributed by atoms with van der Waals surface area (Å²) in [5, 5.41) is 19.0. The first-order valence-corrected chi connectivity index (χ1v) is 5.96. The quantitative estimate of drug-likeness (QED) is 0.406. The molecule has 0 aliphatic heterocycles. The maximum absolute atomic E-state index is 10.2. The van der Waals surface area contributed by atoms with Crippen molar-refractivity contribution in [3.05, 3.63) is 12.2 Å². The predicted octanol–water partition coefficient (Wildman–Crippen LogP) is 2.63. The topological polar surface area (TPSA) is 86.6 Å². The van der Waals surface area contributed by atoms with E-state index >= 15 is 0 Å². The van der Waals surface area contributed by atoms with Gasteiger partial charge in [-0.05, 0) is 19.3 Å². The summed E-state index contributed by atoms with van der Waals surface area (Å²) >= 11 is 0. The van der Waals surface area contributed by atoms with E-state index in [1.54, 1.807) is 6.08 Å². The third kappa shape index (κ3) is 14.5. The van der Waals surface area contributed by atoms with E-state index in [0.29, 0.717) is 6.54 Å². The van der Waals surface area contributed by atoms with Crippen molar-refractivity contribution < 1.29 is 19.8 Å². The zero-order valence-corrected chi connectivity index (χ0v) is 10.0. The second kappa shape index (κ2) is 11.0. The number of aliphatic carboxylic acids is 1. The van der Waals surface area contributed by atoms with Gasteiger partial charge < -0.3 is 15.5 Å². The van der Waals surface area contributed by atoms with Crippen molar-refractivity contribution in [3.8, 4) is 0 Å². The Kier molecular flexibility index (Phi) is 10.00. The van der Waals surface area contributed by atoms with Gasteiger partial charge in [-0.2, -0.15) is 0 Å². The van der Waals surface area contributed by atoms with E-state index in [1.807, 2.05) is 6.08 Å².